The van der Waals surface area contributed by atoms with E-state index in [1.165, 1.54) is 58.0 Å². The van der Waals surface area contributed by atoms with E-state index in [0.717, 1.165) is 18.4 Å². The van der Waals surface area contributed by atoms with Crippen LogP contribution in [-0.2, 0) is 0 Å². The van der Waals surface area contributed by atoms with Crippen molar-refractivity contribution >= 4 is 0 Å². The molecule has 2 unspecified atom stereocenters. The van der Waals surface area contributed by atoms with Crippen molar-refractivity contribution in [2.45, 2.75) is 76.8 Å². The Morgan fingerprint density at radius 1 is 1.20 bits per heavy atom. The molecule has 2 rings (SSSR count). The zero-order valence-electron chi connectivity index (χ0n) is 13.5. The lowest BCUT2D eigenvalue weighted by Gasteiger charge is -2.34. The minimum Gasteiger partial charge on any atom is -0.394 e. The lowest BCUT2D eigenvalue weighted by Crippen LogP contribution is -2.48. The largest absolute Gasteiger partial charge is 0.394 e. The molecule has 0 bridgehead atoms. The van der Waals surface area contributed by atoms with Gasteiger partial charge in [-0.3, -0.25) is 0 Å². The molecule has 0 aromatic carbocycles. The van der Waals surface area contributed by atoms with Gasteiger partial charge in [-0.2, -0.15) is 0 Å². The first-order chi connectivity index (χ1) is 9.55. The number of aliphatic hydroxyl groups is 1. The predicted molar refractivity (Wildman–Crippen MR) is 84.6 cm³/mol. The van der Waals surface area contributed by atoms with Crippen molar-refractivity contribution in [2.75, 3.05) is 19.7 Å². The summed E-state index contributed by atoms with van der Waals surface area (Å²) >= 11 is 0. The van der Waals surface area contributed by atoms with Crippen LogP contribution in [0.4, 0.5) is 0 Å². The molecule has 3 N–H and O–H groups in total. The van der Waals surface area contributed by atoms with Gasteiger partial charge in [0.15, 0.2) is 0 Å². The van der Waals surface area contributed by atoms with Gasteiger partial charge in [-0.05, 0) is 50.5 Å². The number of hydrogen-bond donors (Lipinski definition) is 2. The van der Waals surface area contributed by atoms with Crippen LogP contribution in [0.15, 0.2) is 0 Å². The predicted octanol–water partition coefficient (Wildman–Crippen LogP) is 2.77. The highest BCUT2D eigenvalue weighted by atomic mass is 16.3. The lowest BCUT2D eigenvalue weighted by atomic mass is 9.86. The molecule has 0 aromatic rings. The fourth-order valence-corrected chi connectivity index (χ4v) is 4.29. The Balaban J connectivity index is 1.87. The molecule has 2 aliphatic rings. The molecule has 0 spiro atoms. The smallest absolute Gasteiger partial charge is 0.0613 e. The van der Waals surface area contributed by atoms with Gasteiger partial charge in [0.05, 0.1) is 6.61 Å². The van der Waals surface area contributed by atoms with E-state index in [4.69, 9.17) is 5.73 Å². The highest BCUT2D eigenvalue weighted by Gasteiger charge is 2.39. The fraction of sp³-hybridized carbons (Fsp3) is 1.00. The van der Waals surface area contributed by atoms with Crippen molar-refractivity contribution in [2.24, 2.45) is 17.6 Å². The van der Waals surface area contributed by atoms with Crippen LogP contribution in [0.2, 0.25) is 0 Å². The van der Waals surface area contributed by atoms with Gasteiger partial charge in [-0.1, -0.05) is 33.1 Å². The monoisotopic (exact) mass is 282 g/mol. The summed E-state index contributed by atoms with van der Waals surface area (Å²) in [4.78, 5) is 2.72. The Hall–Kier alpha value is -0.120. The average molecular weight is 282 g/mol. The number of nitrogens with two attached hydrogens (primary N) is 1. The topological polar surface area (TPSA) is 49.5 Å². The first-order valence-corrected chi connectivity index (χ1v) is 8.69. The Morgan fingerprint density at radius 3 is 2.50 bits per heavy atom. The van der Waals surface area contributed by atoms with Crippen molar-refractivity contribution < 1.29 is 5.11 Å². The first-order valence-electron chi connectivity index (χ1n) is 8.69. The standard InChI is InChI=1S/C17H34N2O/c1-14(2)12-19(16-7-3-4-8-16)11-9-15-6-5-10-17(15,18)13-20/h14-16,20H,3-13,18H2,1-2H3. The molecule has 0 saturated heterocycles. The zero-order valence-corrected chi connectivity index (χ0v) is 13.5. The third kappa shape index (κ3) is 3.96. The molecule has 2 aliphatic carbocycles. The molecule has 0 aliphatic heterocycles. The first kappa shape index (κ1) is 16.3. The van der Waals surface area contributed by atoms with E-state index < -0.39 is 0 Å². The molecular weight excluding hydrogens is 248 g/mol. The molecule has 2 atom stereocenters. The van der Waals surface area contributed by atoms with Crippen LogP contribution < -0.4 is 5.73 Å². The summed E-state index contributed by atoms with van der Waals surface area (Å²) < 4.78 is 0. The average Bonchev–Trinajstić information content (AvgIpc) is 3.04. The van der Waals surface area contributed by atoms with E-state index in [0.29, 0.717) is 5.92 Å². The second-order valence-corrected chi connectivity index (χ2v) is 7.60. The van der Waals surface area contributed by atoms with E-state index >= 15 is 0 Å². The van der Waals surface area contributed by atoms with Crippen molar-refractivity contribution in [1.82, 2.24) is 4.90 Å². The zero-order chi connectivity index (χ0) is 14.6. The third-order valence-electron chi connectivity index (χ3n) is 5.51. The van der Waals surface area contributed by atoms with Crippen molar-refractivity contribution in [3.8, 4) is 0 Å². The van der Waals surface area contributed by atoms with Gasteiger partial charge in [0.25, 0.3) is 0 Å². The summed E-state index contributed by atoms with van der Waals surface area (Å²) in [5.41, 5.74) is 6.08. The van der Waals surface area contributed by atoms with E-state index in [-0.39, 0.29) is 12.1 Å². The molecular formula is C17H34N2O. The van der Waals surface area contributed by atoms with E-state index in [9.17, 15) is 5.11 Å². The maximum absolute atomic E-state index is 9.58. The van der Waals surface area contributed by atoms with Crippen LogP contribution in [-0.4, -0.2) is 41.3 Å². The summed E-state index contributed by atoms with van der Waals surface area (Å²) in [7, 11) is 0. The SMILES string of the molecule is CC(C)CN(CCC1CCCC1(N)CO)C1CCCC1. The fourth-order valence-electron chi connectivity index (χ4n) is 4.29. The second kappa shape index (κ2) is 7.24. The normalized spacial score (nSPS) is 31.8. The summed E-state index contributed by atoms with van der Waals surface area (Å²) in [5.74, 6) is 1.25. The van der Waals surface area contributed by atoms with Crippen LogP contribution in [0, 0.1) is 11.8 Å². The van der Waals surface area contributed by atoms with Gasteiger partial charge < -0.3 is 15.7 Å². The summed E-state index contributed by atoms with van der Waals surface area (Å²) in [5, 5.41) is 9.58. The number of nitrogens with zero attached hydrogens (tertiary/aromatic N) is 1. The van der Waals surface area contributed by atoms with Gasteiger partial charge in [0.2, 0.25) is 0 Å². The second-order valence-electron chi connectivity index (χ2n) is 7.60. The highest BCUT2D eigenvalue weighted by molar-refractivity contribution is 4.96. The maximum atomic E-state index is 9.58. The Kier molecular flexibility index (Phi) is 5.88. The maximum Gasteiger partial charge on any atom is 0.0613 e. The lowest BCUT2D eigenvalue weighted by molar-refractivity contribution is 0.125. The molecule has 0 heterocycles. The Labute approximate surface area is 124 Å². The molecule has 0 radical (unpaired) electrons. The van der Waals surface area contributed by atoms with E-state index in [2.05, 4.69) is 18.7 Å². The minimum absolute atomic E-state index is 0.158. The molecule has 3 heteroatoms. The van der Waals surface area contributed by atoms with Crippen LogP contribution in [0.3, 0.4) is 0 Å². The molecule has 2 saturated carbocycles. The minimum atomic E-state index is -0.292. The summed E-state index contributed by atoms with van der Waals surface area (Å²) in [6, 6.07) is 0.806. The Morgan fingerprint density at radius 2 is 1.90 bits per heavy atom. The highest BCUT2D eigenvalue weighted by Crippen LogP contribution is 2.36. The van der Waals surface area contributed by atoms with Gasteiger partial charge in [0, 0.05) is 18.1 Å². The van der Waals surface area contributed by atoms with Gasteiger partial charge in [-0.25, -0.2) is 0 Å². The van der Waals surface area contributed by atoms with Crippen LogP contribution in [0.1, 0.15) is 65.2 Å². The molecule has 2 fully saturated rings. The quantitative estimate of drug-likeness (QED) is 0.755. The number of hydrogen-bond acceptors (Lipinski definition) is 3. The molecule has 0 aromatic heterocycles. The summed E-state index contributed by atoms with van der Waals surface area (Å²) in [6.45, 7) is 7.18. The van der Waals surface area contributed by atoms with Crippen molar-refractivity contribution in [1.29, 1.82) is 0 Å². The van der Waals surface area contributed by atoms with Crippen LogP contribution in [0.25, 0.3) is 0 Å². The van der Waals surface area contributed by atoms with Gasteiger partial charge in [-0.15, -0.1) is 0 Å². The van der Waals surface area contributed by atoms with E-state index in [1.54, 1.807) is 0 Å². The van der Waals surface area contributed by atoms with Crippen LogP contribution >= 0.6 is 0 Å². The van der Waals surface area contributed by atoms with Gasteiger partial charge in [0.1, 0.15) is 0 Å². The molecule has 3 nitrogen and oxygen atoms in total. The van der Waals surface area contributed by atoms with Crippen molar-refractivity contribution in [3.63, 3.8) is 0 Å². The number of rotatable bonds is 7. The Bertz CT molecular complexity index is 289. The molecule has 20 heavy (non-hydrogen) atoms. The number of aliphatic hydroxyl groups excluding tert-OH is 1. The summed E-state index contributed by atoms with van der Waals surface area (Å²) in [6.07, 6.45) is 10.1. The van der Waals surface area contributed by atoms with E-state index in [1.807, 2.05) is 0 Å². The molecule has 118 valence electrons. The van der Waals surface area contributed by atoms with Crippen LogP contribution in [0.5, 0.6) is 0 Å². The van der Waals surface area contributed by atoms with Gasteiger partial charge >= 0.3 is 0 Å². The third-order valence-corrected chi connectivity index (χ3v) is 5.51. The van der Waals surface area contributed by atoms with Crippen molar-refractivity contribution in [3.05, 3.63) is 0 Å². The molecule has 0 amide bonds.